The van der Waals surface area contributed by atoms with Gasteiger partial charge in [0.1, 0.15) is 6.33 Å². The first-order valence-corrected chi connectivity index (χ1v) is 5.49. The fourth-order valence-corrected chi connectivity index (χ4v) is 1.62. The number of hydrogen-bond donors (Lipinski definition) is 1. The van der Waals surface area contributed by atoms with Crippen molar-refractivity contribution in [2.75, 3.05) is 5.32 Å². The maximum atomic E-state index is 5.01. The van der Waals surface area contributed by atoms with Crippen LogP contribution < -0.4 is 5.32 Å². The number of pyridine rings is 1. The third-order valence-corrected chi connectivity index (χ3v) is 2.50. The van der Waals surface area contributed by atoms with Crippen LogP contribution in [0.25, 0.3) is 5.69 Å². The lowest BCUT2D eigenvalue weighted by atomic mass is 10.3. The molecule has 18 heavy (non-hydrogen) atoms. The van der Waals surface area contributed by atoms with Crippen LogP contribution in [0, 0.1) is 0 Å². The van der Waals surface area contributed by atoms with E-state index in [4.69, 9.17) is 4.42 Å². The maximum Gasteiger partial charge on any atom is 0.229 e. The van der Waals surface area contributed by atoms with E-state index < -0.39 is 0 Å². The monoisotopic (exact) mass is 241 g/mol. The molecule has 3 aromatic rings. The van der Waals surface area contributed by atoms with Gasteiger partial charge in [-0.2, -0.15) is 0 Å². The lowest BCUT2D eigenvalue weighted by Crippen LogP contribution is -2.05. The molecule has 0 aliphatic heterocycles. The largest absolute Gasteiger partial charge is 0.472 e. The van der Waals surface area contributed by atoms with Crippen molar-refractivity contribution in [3.63, 3.8) is 0 Å². The predicted octanol–water partition coefficient (Wildman–Crippen LogP) is 1.87. The van der Waals surface area contributed by atoms with Gasteiger partial charge in [-0.05, 0) is 18.2 Å². The third-order valence-electron chi connectivity index (χ3n) is 2.50. The zero-order valence-corrected chi connectivity index (χ0v) is 9.52. The van der Waals surface area contributed by atoms with Gasteiger partial charge in [-0.1, -0.05) is 0 Å². The quantitative estimate of drug-likeness (QED) is 0.755. The van der Waals surface area contributed by atoms with Crippen molar-refractivity contribution in [3.05, 3.63) is 55.0 Å². The first kappa shape index (κ1) is 10.5. The molecule has 6 heteroatoms. The summed E-state index contributed by atoms with van der Waals surface area (Å²) in [6.45, 7) is 0.634. The maximum absolute atomic E-state index is 5.01. The molecular weight excluding hydrogens is 230 g/mol. The molecule has 0 aliphatic rings. The van der Waals surface area contributed by atoms with E-state index in [1.54, 1.807) is 31.2 Å². The second-order valence-corrected chi connectivity index (χ2v) is 3.72. The van der Waals surface area contributed by atoms with E-state index in [9.17, 15) is 0 Å². The summed E-state index contributed by atoms with van der Waals surface area (Å²) in [6.07, 6.45) is 8.47. The Labute approximate surface area is 103 Å². The smallest absolute Gasteiger partial charge is 0.229 e. The van der Waals surface area contributed by atoms with Crippen LogP contribution in [0.15, 0.2) is 53.9 Å². The normalized spacial score (nSPS) is 10.4. The second kappa shape index (κ2) is 4.70. The predicted molar refractivity (Wildman–Crippen MR) is 65.2 cm³/mol. The molecule has 0 aromatic carbocycles. The minimum Gasteiger partial charge on any atom is -0.472 e. The van der Waals surface area contributed by atoms with Crippen LogP contribution in [0.3, 0.4) is 0 Å². The second-order valence-electron chi connectivity index (χ2n) is 3.72. The molecule has 0 radical (unpaired) electrons. The highest BCUT2D eigenvalue weighted by Crippen LogP contribution is 2.12. The van der Waals surface area contributed by atoms with Gasteiger partial charge in [0.25, 0.3) is 0 Å². The van der Waals surface area contributed by atoms with Crippen LogP contribution in [0.2, 0.25) is 0 Å². The minimum absolute atomic E-state index is 0.634. The van der Waals surface area contributed by atoms with Gasteiger partial charge in [0.05, 0.1) is 24.4 Å². The van der Waals surface area contributed by atoms with Crippen molar-refractivity contribution < 1.29 is 4.42 Å². The SMILES string of the molecule is c1cncc(-n2cnnc2NCc2ccoc2)c1. The van der Waals surface area contributed by atoms with E-state index in [0.29, 0.717) is 12.5 Å². The van der Waals surface area contributed by atoms with Crippen molar-refractivity contribution >= 4 is 5.95 Å². The van der Waals surface area contributed by atoms with E-state index in [0.717, 1.165) is 11.3 Å². The number of nitrogens with one attached hydrogen (secondary N) is 1. The van der Waals surface area contributed by atoms with Crippen LogP contribution >= 0.6 is 0 Å². The molecule has 3 rings (SSSR count). The molecule has 0 aliphatic carbocycles. The molecule has 6 nitrogen and oxygen atoms in total. The molecule has 0 saturated heterocycles. The highest BCUT2D eigenvalue weighted by Gasteiger charge is 2.05. The molecule has 0 saturated carbocycles. The Hall–Kier alpha value is -2.63. The van der Waals surface area contributed by atoms with E-state index in [-0.39, 0.29) is 0 Å². The molecular formula is C12H11N5O. The number of rotatable bonds is 4. The molecule has 0 atom stereocenters. The summed E-state index contributed by atoms with van der Waals surface area (Å²) in [7, 11) is 0. The molecule has 0 fully saturated rings. The van der Waals surface area contributed by atoms with Gasteiger partial charge in [-0.25, -0.2) is 0 Å². The van der Waals surface area contributed by atoms with Crippen molar-refractivity contribution in [2.45, 2.75) is 6.54 Å². The number of nitrogens with zero attached hydrogens (tertiary/aromatic N) is 4. The molecule has 3 heterocycles. The number of furan rings is 1. The number of hydrogen-bond acceptors (Lipinski definition) is 5. The topological polar surface area (TPSA) is 68.8 Å². The molecule has 0 unspecified atom stereocenters. The average molecular weight is 241 g/mol. The Bertz CT molecular complexity index is 602. The van der Waals surface area contributed by atoms with Crippen molar-refractivity contribution in [2.24, 2.45) is 0 Å². The Kier molecular flexibility index (Phi) is 2.75. The number of anilines is 1. The van der Waals surface area contributed by atoms with Gasteiger partial charge in [-0.15, -0.1) is 10.2 Å². The Morgan fingerprint density at radius 3 is 3.11 bits per heavy atom. The summed E-state index contributed by atoms with van der Waals surface area (Å²) in [6, 6.07) is 5.71. The highest BCUT2D eigenvalue weighted by molar-refractivity contribution is 5.38. The van der Waals surface area contributed by atoms with Crippen LogP contribution in [-0.2, 0) is 6.54 Å². The molecule has 3 aromatic heterocycles. The standard InChI is InChI=1S/C12H11N5O/c1-2-11(7-13-4-1)17-9-15-16-12(17)14-6-10-3-5-18-8-10/h1-5,7-9H,6H2,(H,14,16). The van der Waals surface area contributed by atoms with Gasteiger partial charge in [0.15, 0.2) is 0 Å². The van der Waals surface area contributed by atoms with Gasteiger partial charge in [0.2, 0.25) is 5.95 Å². The molecule has 1 N–H and O–H groups in total. The van der Waals surface area contributed by atoms with Crippen molar-refractivity contribution in [3.8, 4) is 5.69 Å². The van der Waals surface area contributed by atoms with Crippen LogP contribution in [0.1, 0.15) is 5.56 Å². The van der Waals surface area contributed by atoms with Gasteiger partial charge >= 0.3 is 0 Å². The molecule has 0 spiro atoms. The Morgan fingerprint density at radius 2 is 2.33 bits per heavy atom. The van der Waals surface area contributed by atoms with E-state index in [1.165, 1.54) is 0 Å². The summed E-state index contributed by atoms with van der Waals surface area (Å²) < 4.78 is 6.85. The van der Waals surface area contributed by atoms with E-state index >= 15 is 0 Å². The van der Waals surface area contributed by atoms with Gasteiger partial charge in [-0.3, -0.25) is 9.55 Å². The lowest BCUT2D eigenvalue weighted by molar-refractivity contribution is 0.564. The molecule has 0 amide bonds. The van der Waals surface area contributed by atoms with E-state index in [2.05, 4.69) is 20.5 Å². The first-order chi connectivity index (χ1) is 8.93. The summed E-state index contributed by atoms with van der Waals surface area (Å²) in [5, 5.41) is 11.1. The Balaban J connectivity index is 1.80. The number of aromatic nitrogens is 4. The van der Waals surface area contributed by atoms with Gasteiger partial charge < -0.3 is 9.73 Å². The zero-order valence-electron chi connectivity index (χ0n) is 9.52. The summed E-state index contributed by atoms with van der Waals surface area (Å²) in [4.78, 5) is 4.07. The lowest BCUT2D eigenvalue weighted by Gasteiger charge is -2.06. The highest BCUT2D eigenvalue weighted by atomic mass is 16.3. The fraction of sp³-hybridized carbons (Fsp3) is 0.0833. The summed E-state index contributed by atoms with van der Waals surface area (Å²) >= 11 is 0. The fourth-order valence-electron chi connectivity index (χ4n) is 1.62. The van der Waals surface area contributed by atoms with Crippen molar-refractivity contribution in [1.29, 1.82) is 0 Å². The van der Waals surface area contributed by atoms with E-state index in [1.807, 2.05) is 22.8 Å². The third kappa shape index (κ3) is 2.08. The van der Waals surface area contributed by atoms with Crippen LogP contribution in [0.4, 0.5) is 5.95 Å². The van der Waals surface area contributed by atoms with Gasteiger partial charge in [0, 0.05) is 18.3 Å². The van der Waals surface area contributed by atoms with Crippen molar-refractivity contribution in [1.82, 2.24) is 19.7 Å². The summed E-state index contributed by atoms with van der Waals surface area (Å²) in [5.41, 5.74) is 1.97. The van der Waals surface area contributed by atoms with Crippen LogP contribution in [-0.4, -0.2) is 19.7 Å². The first-order valence-electron chi connectivity index (χ1n) is 5.49. The minimum atomic E-state index is 0.634. The van der Waals surface area contributed by atoms with Crippen LogP contribution in [0.5, 0.6) is 0 Å². The zero-order chi connectivity index (χ0) is 12.2. The average Bonchev–Trinajstić information content (AvgIpc) is 3.09. The summed E-state index contributed by atoms with van der Waals surface area (Å²) in [5.74, 6) is 0.671. The molecule has 90 valence electrons. The Morgan fingerprint density at radius 1 is 1.33 bits per heavy atom. The molecule has 0 bridgehead atoms.